The molecule has 0 saturated heterocycles. The second kappa shape index (κ2) is 6.02. The molecule has 0 bridgehead atoms. The lowest BCUT2D eigenvalue weighted by molar-refractivity contribution is 0.192. The lowest BCUT2D eigenvalue weighted by atomic mass is 10.0. The van der Waals surface area contributed by atoms with E-state index in [1.54, 1.807) is 7.11 Å². The summed E-state index contributed by atoms with van der Waals surface area (Å²) in [5.74, 6) is 0.287. The van der Waals surface area contributed by atoms with Crippen LogP contribution < -0.4 is 0 Å². The topological polar surface area (TPSA) is 35.0 Å². The average molecular weight is 230 g/mol. The van der Waals surface area contributed by atoms with Crippen molar-refractivity contribution >= 4 is 12.6 Å². The van der Waals surface area contributed by atoms with Crippen LogP contribution in [0.2, 0.25) is 0 Å². The molecule has 0 amide bonds. The Morgan fingerprint density at radius 3 is 2.60 bits per heavy atom. The van der Waals surface area contributed by atoms with Crippen molar-refractivity contribution in [2.45, 2.75) is 24.5 Å². The van der Waals surface area contributed by atoms with Gasteiger partial charge in [-0.25, -0.2) is 14.4 Å². The van der Waals surface area contributed by atoms with Crippen molar-refractivity contribution < 1.29 is 9.13 Å². The van der Waals surface area contributed by atoms with E-state index >= 15 is 0 Å². The molecule has 1 aromatic heterocycles. The fraction of sp³-hybridized carbons (Fsp3) is 0.600. The number of rotatable bonds is 5. The van der Waals surface area contributed by atoms with Crippen molar-refractivity contribution in [3.63, 3.8) is 0 Å². The quantitative estimate of drug-likeness (QED) is 0.786. The maximum Gasteiger partial charge on any atom is 0.159 e. The molecule has 5 heteroatoms. The van der Waals surface area contributed by atoms with Gasteiger partial charge in [0.05, 0.1) is 12.4 Å². The molecule has 3 nitrogen and oxygen atoms in total. The molecule has 1 aromatic rings. The summed E-state index contributed by atoms with van der Waals surface area (Å²) in [5, 5.41) is 0.121. The lowest BCUT2D eigenvalue weighted by Crippen LogP contribution is -2.15. The first kappa shape index (κ1) is 12.4. The zero-order valence-electron chi connectivity index (χ0n) is 8.85. The molecule has 0 aromatic carbocycles. The number of thiol groups is 1. The van der Waals surface area contributed by atoms with Crippen molar-refractivity contribution in [1.29, 1.82) is 0 Å². The molecule has 0 unspecified atom stereocenters. The zero-order chi connectivity index (χ0) is 11.3. The Morgan fingerprint density at radius 1 is 1.47 bits per heavy atom. The van der Waals surface area contributed by atoms with E-state index in [1.165, 1.54) is 12.4 Å². The highest BCUT2D eigenvalue weighted by Gasteiger charge is 2.17. The molecule has 0 aliphatic rings. The number of halogens is 1. The predicted octanol–water partition coefficient (Wildman–Crippen LogP) is 2.05. The molecule has 1 rings (SSSR count). The van der Waals surface area contributed by atoms with Crippen LogP contribution in [-0.4, -0.2) is 28.9 Å². The number of hydrogen-bond acceptors (Lipinski definition) is 4. The SMILES string of the molecule is COCC[C@@H](S)[C@H](C)c1ncc(F)cn1. The molecule has 0 saturated carbocycles. The maximum absolute atomic E-state index is 12.6. The smallest absolute Gasteiger partial charge is 0.159 e. The van der Waals surface area contributed by atoms with Crippen LogP contribution in [0.15, 0.2) is 12.4 Å². The molecule has 0 aliphatic heterocycles. The summed E-state index contributed by atoms with van der Waals surface area (Å²) < 4.78 is 17.6. The largest absolute Gasteiger partial charge is 0.385 e. The van der Waals surface area contributed by atoms with Crippen LogP contribution in [0.1, 0.15) is 25.1 Å². The van der Waals surface area contributed by atoms with Gasteiger partial charge in [0.2, 0.25) is 0 Å². The third kappa shape index (κ3) is 3.76. The van der Waals surface area contributed by atoms with Gasteiger partial charge in [-0.15, -0.1) is 0 Å². The van der Waals surface area contributed by atoms with Gasteiger partial charge in [0.1, 0.15) is 5.82 Å². The third-order valence-corrected chi connectivity index (χ3v) is 2.95. The molecule has 0 aliphatic carbocycles. The number of aromatic nitrogens is 2. The third-order valence-electron chi connectivity index (χ3n) is 2.24. The minimum Gasteiger partial charge on any atom is -0.385 e. The van der Waals surface area contributed by atoms with Gasteiger partial charge in [0.15, 0.2) is 5.82 Å². The van der Waals surface area contributed by atoms with Crippen LogP contribution in [0, 0.1) is 5.82 Å². The summed E-state index contributed by atoms with van der Waals surface area (Å²) in [6, 6.07) is 0. The summed E-state index contributed by atoms with van der Waals surface area (Å²) in [5.41, 5.74) is 0. The molecule has 2 atom stereocenters. The Bertz CT molecular complexity index is 294. The Morgan fingerprint density at radius 2 is 2.07 bits per heavy atom. The molecule has 0 N–H and O–H groups in total. The van der Waals surface area contributed by atoms with E-state index in [-0.39, 0.29) is 11.2 Å². The normalized spacial score (nSPS) is 14.9. The second-order valence-electron chi connectivity index (χ2n) is 3.40. The van der Waals surface area contributed by atoms with Crippen molar-refractivity contribution in [2.24, 2.45) is 0 Å². The Hall–Kier alpha value is -0.680. The first-order valence-corrected chi connectivity index (χ1v) is 5.31. The van der Waals surface area contributed by atoms with E-state index < -0.39 is 5.82 Å². The second-order valence-corrected chi connectivity index (χ2v) is 4.06. The zero-order valence-corrected chi connectivity index (χ0v) is 9.75. The monoisotopic (exact) mass is 230 g/mol. The Kier molecular flexibility index (Phi) is 4.98. The van der Waals surface area contributed by atoms with Gasteiger partial charge in [-0.1, -0.05) is 6.92 Å². The van der Waals surface area contributed by atoms with Crippen molar-refractivity contribution in [2.75, 3.05) is 13.7 Å². The lowest BCUT2D eigenvalue weighted by Gasteiger charge is -2.16. The van der Waals surface area contributed by atoms with Gasteiger partial charge in [0.25, 0.3) is 0 Å². The van der Waals surface area contributed by atoms with Crippen molar-refractivity contribution in [1.82, 2.24) is 9.97 Å². The Balaban J connectivity index is 2.59. The van der Waals surface area contributed by atoms with E-state index in [2.05, 4.69) is 22.6 Å². The van der Waals surface area contributed by atoms with Gasteiger partial charge >= 0.3 is 0 Å². The van der Waals surface area contributed by atoms with Gasteiger partial charge in [-0.05, 0) is 6.42 Å². The molecule has 0 fully saturated rings. The standard InChI is InChI=1S/C10H15FN2OS/c1-7(9(15)3-4-14-2)10-12-5-8(11)6-13-10/h5-7,9,15H,3-4H2,1-2H3/t7-,9+/m0/s1. The molecule has 1 heterocycles. The molecule has 15 heavy (non-hydrogen) atoms. The van der Waals surface area contributed by atoms with Gasteiger partial charge in [-0.3, -0.25) is 0 Å². The van der Waals surface area contributed by atoms with E-state index in [0.717, 1.165) is 6.42 Å². The van der Waals surface area contributed by atoms with Crippen LogP contribution in [0.3, 0.4) is 0 Å². The van der Waals surface area contributed by atoms with Gasteiger partial charge in [-0.2, -0.15) is 12.6 Å². The highest BCUT2D eigenvalue weighted by Crippen LogP contribution is 2.22. The number of hydrogen-bond donors (Lipinski definition) is 1. The Labute approximate surface area is 94.5 Å². The highest BCUT2D eigenvalue weighted by atomic mass is 32.1. The molecule has 0 radical (unpaired) electrons. The molecular weight excluding hydrogens is 215 g/mol. The van der Waals surface area contributed by atoms with Crippen LogP contribution in [0.25, 0.3) is 0 Å². The minimum absolute atomic E-state index is 0.0871. The summed E-state index contributed by atoms with van der Waals surface area (Å²) in [4.78, 5) is 7.86. The van der Waals surface area contributed by atoms with Crippen molar-refractivity contribution in [3.8, 4) is 0 Å². The predicted molar refractivity (Wildman–Crippen MR) is 59.7 cm³/mol. The number of methoxy groups -OCH3 is 1. The van der Waals surface area contributed by atoms with Gasteiger partial charge in [0, 0.05) is 24.9 Å². The van der Waals surface area contributed by atoms with E-state index in [4.69, 9.17) is 4.74 Å². The van der Waals surface area contributed by atoms with Crippen LogP contribution in [0.5, 0.6) is 0 Å². The van der Waals surface area contributed by atoms with Crippen molar-refractivity contribution in [3.05, 3.63) is 24.0 Å². The fourth-order valence-corrected chi connectivity index (χ4v) is 1.46. The van der Waals surface area contributed by atoms with Crippen LogP contribution in [-0.2, 0) is 4.74 Å². The van der Waals surface area contributed by atoms with E-state index in [1.807, 2.05) is 6.92 Å². The minimum atomic E-state index is -0.418. The average Bonchev–Trinajstić information content (AvgIpc) is 2.26. The maximum atomic E-state index is 12.6. The first-order valence-electron chi connectivity index (χ1n) is 4.79. The summed E-state index contributed by atoms with van der Waals surface area (Å²) in [6.45, 7) is 2.63. The van der Waals surface area contributed by atoms with Gasteiger partial charge < -0.3 is 4.74 Å². The number of nitrogens with zero attached hydrogens (tertiary/aromatic N) is 2. The molecule has 84 valence electrons. The summed E-state index contributed by atoms with van der Waals surface area (Å²) >= 11 is 4.44. The first-order chi connectivity index (χ1) is 7.15. The molecule has 0 spiro atoms. The summed E-state index contributed by atoms with van der Waals surface area (Å²) in [7, 11) is 1.65. The van der Waals surface area contributed by atoms with E-state index in [9.17, 15) is 4.39 Å². The van der Waals surface area contributed by atoms with Crippen LogP contribution >= 0.6 is 12.6 Å². The molecular formula is C10H15FN2OS. The fourth-order valence-electron chi connectivity index (χ4n) is 1.22. The van der Waals surface area contributed by atoms with E-state index in [0.29, 0.717) is 12.4 Å². The van der Waals surface area contributed by atoms with Crippen LogP contribution in [0.4, 0.5) is 4.39 Å². The highest BCUT2D eigenvalue weighted by molar-refractivity contribution is 7.81. The number of ether oxygens (including phenoxy) is 1. The summed E-state index contributed by atoms with van der Waals surface area (Å²) in [6.07, 6.45) is 3.17.